The number of nitrogens with zero attached hydrogens (tertiary/aromatic N) is 1. The molecule has 1 aromatic heterocycles. The van der Waals surface area contributed by atoms with Crippen molar-refractivity contribution in [3.63, 3.8) is 0 Å². The third kappa shape index (κ3) is 3.97. The number of halogens is 1. The molecule has 1 aromatic carbocycles. The van der Waals surface area contributed by atoms with Crippen LogP contribution in [0.3, 0.4) is 0 Å². The molecule has 0 aliphatic heterocycles. The lowest BCUT2D eigenvalue weighted by Gasteiger charge is -2.09. The van der Waals surface area contributed by atoms with Crippen molar-refractivity contribution in [2.75, 3.05) is 13.7 Å². The van der Waals surface area contributed by atoms with Gasteiger partial charge in [0.05, 0.1) is 6.61 Å². The largest absolute Gasteiger partial charge is 0.381 e. The number of carbonyl (C=O) groups excluding carboxylic acids is 2. The summed E-state index contributed by atoms with van der Waals surface area (Å²) in [4.78, 5) is 23.7. The molecule has 0 saturated heterocycles. The van der Waals surface area contributed by atoms with E-state index in [0.29, 0.717) is 24.4 Å². The summed E-state index contributed by atoms with van der Waals surface area (Å²) >= 11 is 5.45. The fourth-order valence-corrected chi connectivity index (χ4v) is 2.52. The Morgan fingerprint density at radius 3 is 2.52 bits per heavy atom. The third-order valence-corrected chi connectivity index (χ3v) is 3.67. The van der Waals surface area contributed by atoms with E-state index in [1.54, 1.807) is 11.7 Å². The maximum Gasteiger partial charge on any atom is 0.294 e. The van der Waals surface area contributed by atoms with E-state index in [1.165, 1.54) is 0 Å². The molecule has 0 unspecified atom stereocenters. The van der Waals surface area contributed by atoms with E-state index in [0.717, 1.165) is 11.3 Å². The molecule has 120 valence electrons. The minimum atomic E-state index is -0.984. The predicted octanol–water partition coefficient (Wildman–Crippen LogP) is 3.61. The van der Waals surface area contributed by atoms with Crippen LogP contribution in [0.1, 0.15) is 16.2 Å². The van der Waals surface area contributed by atoms with E-state index in [4.69, 9.17) is 16.3 Å². The lowest BCUT2D eigenvalue weighted by Crippen LogP contribution is -2.15. The second-order valence-corrected chi connectivity index (χ2v) is 5.40. The van der Waals surface area contributed by atoms with Crippen LogP contribution in [0.4, 0.5) is 0 Å². The average Bonchev–Trinajstić information content (AvgIpc) is 2.88. The Kier molecular flexibility index (Phi) is 5.90. The van der Waals surface area contributed by atoms with Gasteiger partial charge >= 0.3 is 0 Å². The summed E-state index contributed by atoms with van der Waals surface area (Å²) in [5.74, 6) is -0.696. The van der Waals surface area contributed by atoms with Gasteiger partial charge in [0, 0.05) is 24.9 Å². The highest BCUT2D eigenvalue weighted by atomic mass is 35.5. The van der Waals surface area contributed by atoms with E-state index < -0.39 is 11.0 Å². The van der Waals surface area contributed by atoms with Crippen molar-refractivity contribution in [2.45, 2.75) is 13.5 Å². The quantitative estimate of drug-likeness (QED) is 0.337. The van der Waals surface area contributed by atoms with E-state index in [-0.39, 0.29) is 0 Å². The summed E-state index contributed by atoms with van der Waals surface area (Å²) in [6.07, 6.45) is 3.75. The summed E-state index contributed by atoms with van der Waals surface area (Å²) in [6, 6.07) is 11.4. The number of benzene rings is 1. The topological polar surface area (TPSA) is 48.3 Å². The second-order valence-electron chi connectivity index (χ2n) is 5.05. The number of ether oxygens (including phenoxy) is 1. The zero-order valence-corrected chi connectivity index (χ0v) is 13.8. The van der Waals surface area contributed by atoms with Crippen LogP contribution in [0.5, 0.6) is 0 Å². The van der Waals surface area contributed by atoms with Crippen molar-refractivity contribution in [3.8, 4) is 11.1 Å². The molecular weight excluding hydrogens is 314 g/mol. The summed E-state index contributed by atoms with van der Waals surface area (Å²) in [5, 5.41) is -0.984. The van der Waals surface area contributed by atoms with E-state index >= 15 is 0 Å². The molecule has 2 rings (SSSR count). The molecule has 5 heteroatoms. The smallest absolute Gasteiger partial charge is 0.294 e. The number of hydrogen-bond acceptors (Lipinski definition) is 3. The van der Waals surface area contributed by atoms with Gasteiger partial charge in [0.1, 0.15) is 5.69 Å². The molecule has 2 aromatic rings. The van der Waals surface area contributed by atoms with Crippen LogP contribution in [0.2, 0.25) is 0 Å². The van der Waals surface area contributed by atoms with Crippen LogP contribution in [-0.4, -0.2) is 29.3 Å². The van der Waals surface area contributed by atoms with Crippen molar-refractivity contribution in [3.05, 3.63) is 59.9 Å². The van der Waals surface area contributed by atoms with Crippen LogP contribution in [0.15, 0.2) is 48.6 Å². The number of allylic oxidation sites excluding steroid dienone is 1. The van der Waals surface area contributed by atoms with Gasteiger partial charge in [-0.1, -0.05) is 42.5 Å². The van der Waals surface area contributed by atoms with Crippen molar-refractivity contribution >= 4 is 22.6 Å². The minimum Gasteiger partial charge on any atom is -0.381 e. The van der Waals surface area contributed by atoms with Gasteiger partial charge in [-0.15, -0.1) is 0 Å². The molecule has 0 bridgehead atoms. The molecule has 0 N–H and O–H groups in total. The van der Waals surface area contributed by atoms with Crippen LogP contribution < -0.4 is 0 Å². The summed E-state index contributed by atoms with van der Waals surface area (Å²) in [5.41, 5.74) is 2.78. The van der Waals surface area contributed by atoms with Crippen molar-refractivity contribution in [1.29, 1.82) is 0 Å². The second kappa shape index (κ2) is 7.90. The molecule has 1 heterocycles. The molecule has 0 atom stereocenters. The highest BCUT2D eigenvalue weighted by molar-refractivity contribution is 6.83. The normalized spacial score (nSPS) is 11.1. The molecule has 23 heavy (non-hydrogen) atoms. The Labute approximate surface area is 140 Å². The van der Waals surface area contributed by atoms with Gasteiger partial charge < -0.3 is 9.30 Å². The van der Waals surface area contributed by atoms with Crippen molar-refractivity contribution in [1.82, 2.24) is 4.57 Å². The number of hydrogen-bond donors (Lipinski definition) is 0. The first-order valence-corrected chi connectivity index (χ1v) is 7.57. The molecule has 0 aliphatic rings. The SMILES string of the molecule is COCC=CCn1c(C)cc(-c2ccccc2)c1C(=O)C(=O)Cl. The van der Waals surface area contributed by atoms with Gasteiger partial charge in [-0.3, -0.25) is 9.59 Å². The Morgan fingerprint density at radius 2 is 1.91 bits per heavy atom. The Hall–Kier alpha value is -2.17. The van der Waals surface area contributed by atoms with Gasteiger partial charge in [-0.2, -0.15) is 0 Å². The number of aromatic nitrogens is 1. The molecule has 0 amide bonds. The van der Waals surface area contributed by atoms with E-state index in [9.17, 15) is 9.59 Å². The first-order valence-electron chi connectivity index (χ1n) is 7.20. The number of Topliss-reactive ketones (excluding diaryl/α,β-unsaturated/α-hetero) is 1. The molecule has 0 spiro atoms. The summed E-state index contributed by atoms with van der Waals surface area (Å²) in [6.45, 7) is 2.85. The van der Waals surface area contributed by atoms with Gasteiger partial charge in [0.2, 0.25) is 0 Å². The van der Waals surface area contributed by atoms with Crippen LogP contribution in [-0.2, 0) is 16.1 Å². The molecule has 0 radical (unpaired) electrons. The highest BCUT2D eigenvalue weighted by Gasteiger charge is 2.24. The third-order valence-electron chi connectivity index (χ3n) is 3.50. The Balaban J connectivity index is 2.51. The van der Waals surface area contributed by atoms with Gasteiger partial charge in [0.25, 0.3) is 11.0 Å². The number of ketones is 1. The summed E-state index contributed by atoms with van der Waals surface area (Å²) < 4.78 is 6.75. The van der Waals surface area contributed by atoms with Crippen molar-refractivity contribution < 1.29 is 14.3 Å². The Morgan fingerprint density at radius 1 is 1.22 bits per heavy atom. The molecular formula is C18H18ClNO3. The standard InChI is InChI=1S/C18H18ClNO3/c1-13-12-15(14-8-4-3-5-9-14)16(17(21)18(19)22)20(13)10-6-7-11-23-2/h3-9,12H,10-11H2,1-2H3. The fraction of sp³-hybridized carbons (Fsp3) is 0.222. The van der Waals surface area contributed by atoms with Crippen LogP contribution in [0.25, 0.3) is 11.1 Å². The number of rotatable bonds is 7. The van der Waals surface area contributed by atoms with Crippen LogP contribution in [0, 0.1) is 6.92 Å². The first kappa shape index (κ1) is 17.2. The van der Waals surface area contributed by atoms with E-state index in [1.807, 2.05) is 55.5 Å². The van der Waals surface area contributed by atoms with E-state index in [2.05, 4.69) is 0 Å². The number of methoxy groups -OCH3 is 1. The fourth-order valence-electron chi connectivity index (χ4n) is 2.43. The number of aryl methyl sites for hydroxylation is 1. The first-order chi connectivity index (χ1) is 11.1. The lowest BCUT2D eigenvalue weighted by molar-refractivity contribution is -0.108. The molecule has 4 nitrogen and oxygen atoms in total. The van der Waals surface area contributed by atoms with Gasteiger partial charge in [-0.25, -0.2) is 0 Å². The highest BCUT2D eigenvalue weighted by Crippen LogP contribution is 2.28. The van der Waals surface area contributed by atoms with Crippen molar-refractivity contribution in [2.24, 2.45) is 0 Å². The zero-order chi connectivity index (χ0) is 16.8. The van der Waals surface area contributed by atoms with Gasteiger partial charge in [-0.05, 0) is 30.2 Å². The Bertz CT molecular complexity index is 732. The molecule has 0 aliphatic carbocycles. The zero-order valence-electron chi connectivity index (χ0n) is 13.1. The number of carbonyl (C=O) groups is 2. The lowest BCUT2D eigenvalue weighted by atomic mass is 10.0. The average molecular weight is 332 g/mol. The van der Waals surface area contributed by atoms with Gasteiger partial charge in [0.15, 0.2) is 0 Å². The maximum absolute atomic E-state index is 12.3. The molecule has 0 saturated carbocycles. The summed E-state index contributed by atoms with van der Waals surface area (Å²) in [7, 11) is 1.61. The van der Waals surface area contributed by atoms with Crippen LogP contribution >= 0.6 is 11.6 Å². The monoisotopic (exact) mass is 331 g/mol. The predicted molar refractivity (Wildman–Crippen MR) is 90.8 cm³/mol. The maximum atomic E-state index is 12.3. The minimum absolute atomic E-state index is 0.316. The molecule has 0 fully saturated rings.